The van der Waals surface area contributed by atoms with Gasteiger partial charge in [0.15, 0.2) is 11.0 Å². The minimum atomic E-state index is 0.354. The number of benzene rings is 2. The van der Waals surface area contributed by atoms with Gasteiger partial charge in [-0.25, -0.2) is 4.98 Å². The lowest BCUT2D eigenvalue weighted by Gasteiger charge is -2.16. The lowest BCUT2D eigenvalue weighted by atomic mass is 10.0. The van der Waals surface area contributed by atoms with Crippen molar-refractivity contribution in [3.05, 3.63) is 96.6 Å². The first kappa shape index (κ1) is 21.2. The summed E-state index contributed by atoms with van der Waals surface area (Å²) in [6.07, 6.45) is 5.29. The highest BCUT2D eigenvalue weighted by molar-refractivity contribution is 7.98. The molecule has 0 radical (unpaired) electrons. The maximum absolute atomic E-state index is 5.70. The predicted octanol–water partition coefficient (Wildman–Crippen LogP) is 6.40. The van der Waals surface area contributed by atoms with Crippen LogP contribution in [0, 0.1) is 0 Å². The monoisotopic (exact) mass is 453 g/mol. The van der Waals surface area contributed by atoms with Crippen LogP contribution in [-0.2, 0) is 5.75 Å². The minimum absolute atomic E-state index is 0.354. The number of hydrogen-bond donors (Lipinski definition) is 0. The fraction of sp³-hybridized carbons (Fsp3) is 0.154. The molecule has 0 aliphatic heterocycles. The Balaban J connectivity index is 1.50. The van der Waals surface area contributed by atoms with E-state index in [-0.39, 0.29) is 0 Å². The van der Waals surface area contributed by atoms with Crippen LogP contribution in [0.3, 0.4) is 0 Å². The van der Waals surface area contributed by atoms with Crippen LogP contribution >= 0.6 is 11.8 Å². The molecule has 3 aromatic heterocycles. The number of oxazole rings is 1. The third-order valence-corrected chi connectivity index (χ3v) is 6.24. The predicted molar refractivity (Wildman–Crippen MR) is 130 cm³/mol. The fourth-order valence-corrected chi connectivity index (χ4v) is 4.49. The number of rotatable bonds is 7. The van der Waals surface area contributed by atoms with E-state index in [1.54, 1.807) is 24.2 Å². The molecule has 0 spiro atoms. The fourth-order valence-electron chi connectivity index (χ4n) is 3.67. The van der Waals surface area contributed by atoms with Gasteiger partial charge in [0.2, 0.25) is 5.89 Å². The highest BCUT2D eigenvalue weighted by Gasteiger charge is 2.20. The molecule has 2 aromatic carbocycles. The smallest absolute Gasteiger partial charge is 0.226 e. The van der Waals surface area contributed by atoms with Gasteiger partial charge in [0, 0.05) is 29.3 Å². The van der Waals surface area contributed by atoms with E-state index in [1.807, 2.05) is 54.7 Å². The Kier molecular flexibility index (Phi) is 6.04. The summed E-state index contributed by atoms with van der Waals surface area (Å²) in [6, 6.07) is 22.2. The highest BCUT2D eigenvalue weighted by Crippen LogP contribution is 2.33. The molecule has 0 aliphatic carbocycles. The van der Waals surface area contributed by atoms with E-state index >= 15 is 0 Å². The van der Waals surface area contributed by atoms with E-state index < -0.39 is 0 Å². The molecule has 0 saturated heterocycles. The maximum atomic E-state index is 5.70. The van der Waals surface area contributed by atoms with Gasteiger partial charge < -0.3 is 4.42 Å². The van der Waals surface area contributed by atoms with Crippen LogP contribution in [0.2, 0.25) is 0 Å². The lowest BCUT2D eigenvalue weighted by molar-refractivity contribution is 0.573. The first-order chi connectivity index (χ1) is 16.2. The molecule has 0 fully saturated rings. The lowest BCUT2D eigenvalue weighted by Crippen LogP contribution is -2.05. The number of pyridine rings is 1. The van der Waals surface area contributed by atoms with Crippen LogP contribution in [0.25, 0.3) is 28.5 Å². The van der Waals surface area contributed by atoms with Crippen molar-refractivity contribution in [3.8, 4) is 28.5 Å². The highest BCUT2D eigenvalue weighted by atomic mass is 32.2. The molecule has 164 valence electrons. The normalized spacial score (nSPS) is 11.2. The molecule has 0 aliphatic rings. The summed E-state index contributed by atoms with van der Waals surface area (Å²) in [7, 11) is 0. The molecular formula is C26H23N5OS. The zero-order chi connectivity index (χ0) is 22.6. The van der Waals surface area contributed by atoms with Crippen molar-refractivity contribution < 1.29 is 4.42 Å². The third-order valence-electron chi connectivity index (χ3n) is 5.27. The van der Waals surface area contributed by atoms with Gasteiger partial charge in [-0.3, -0.25) is 9.55 Å². The van der Waals surface area contributed by atoms with Gasteiger partial charge in [0.1, 0.15) is 6.26 Å². The van der Waals surface area contributed by atoms with Crippen molar-refractivity contribution in [2.45, 2.75) is 30.7 Å². The Bertz CT molecular complexity index is 1350. The van der Waals surface area contributed by atoms with Gasteiger partial charge in [0.25, 0.3) is 0 Å². The molecule has 0 bridgehead atoms. The van der Waals surface area contributed by atoms with Crippen molar-refractivity contribution in [2.24, 2.45) is 0 Å². The molecule has 6 nitrogen and oxygen atoms in total. The molecule has 0 N–H and O–H groups in total. The summed E-state index contributed by atoms with van der Waals surface area (Å²) in [6.45, 7) is 4.39. The average Bonchev–Trinajstić information content (AvgIpc) is 3.51. The summed E-state index contributed by atoms with van der Waals surface area (Å²) >= 11 is 1.59. The third kappa shape index (κ3) is 4.45. The van der Waals surface area contributed by atoms with Crippen LogP contribution in [0.1, 0.15) is 31.0 Å². The molecule has 3 heterocycles. The zero-order valence-electron chi connectivity index (χ0n) is 18.4. The van der Waals surface area contributed by atoms with E-state index in [2.05, 4.69) is 56.8 Å². The van der Waals surface area contributed by atoms with Crippen LogP contribution in [0.4, 0.5) is 0 Å². The Labute approximate surface area is 196 Å². The Hall–Kier alpha value is -3.71. The van der Waals surface area contributed by atoms with E-state index in [4.69, 9.17) is 4.42 Å². The van der Waals surface area contributed by atoms with Crippen molar-refractivity contribution in [2.75, 3.05) is 0 Å². The van der Waals surface area contributed by atoms with E-state index in [1.165, 1.54) is 5.56 Å². The second-order valence-corrected chi connectivity index (χ2v) is 8.84. The maximum Gasteiger partial charge on any atom is 0.226 e. The number of para-hydroxylation sites is 1. The molecule has 0 saturated carbocycles. The quantitative estimate of drug-likeness (QED) is 0.266. The molecule has 33 heavy (non-hydrogen) atoms. The molecule has 7 heteroatoms. The Morgan fingerprint density at radius 2 is 1.70 bits per heavy atom. The summed E-state index contributed by atoms with van der Waals surface area (Å²) in [5.74, 6) is 2.36. The Morgan fingerprint density at radius 3 is 2.48 bits per heavy atom. The van der Waals surface area contributed by atoms with Crippen molar-refractivity contribution >= 4 is 11.8 Å². The van der Waals surface area contributed by atoms with Crippen LogP contribution in [0.5, 0.6) is 0 Å². The van der Waals surface area contributed by atoms with E-state index in [0.29, 0.717) is 17.6 Å². The Morgan fingerprint density at radius 1 is 0.909 bits per heavy atom. The number of aromatic nitrogens is 5. The molecule has 0 atom stereocenters. The van der Waals surface area contributed by atoms with Crippen LogP contribution in [-0.4, -0.2) is 24.7 Å². The molecular weight excluding hydrogens is 430 g/mol. The molecule has 0 unspecified atom stereocenters. The largest absolute Gasteiger partial charge is 0.444 e. The molecule has 5 rings (SSSR count). The molecule has 5 aromatic rings. The van der Waals surface area contributed by atoms with Crippen molar-refractivity contribution in [1.29, 1.82) is 0 Å². The van der Waals surface area contributed by atoms with Gasteiger partial charge in [-0.1, -0.05) is 62.0 Å². The summed E-state index contributed by atoms with van der Waals surface area (Å²) < 4.78 is 7.82. The van der Waals surface area contributed by atoms with Crippen molar-refractivity contribution in [1.82, 2.24) is 24.7 Å². The number of nitrogens with zero attached hydrogens (tertiary/aromatic N) is 5. The van der Waals surface area contributed by atoms with Gasteiger partial charge >= 0.3 is 0 Å². The second-order valence-electron chi connectivity index (χ2n) is 7.90. The van der Waals surface area contributed by atoms with Gasteiger partial charge in [-0.2, -0.15) is 0 Å². The van der Waals surface area contributed by atoms with Crippen molar-refractivity contribution in [3.63, 3.8) is 0 Å². The van der Waals surface area contributed by atoms with Crippen LogP contribution < -0.4 is 0 Å². The standard InChI is InChI=1S/C26H23N5OS/c1-18(2)22-12-6-7-13-23(22)31-24(20-11-8-14-27-15-20)29-30-26(31)33-17-21-16-32-25(28-21)19-9-4-3-5-10-19/h3-16,18H,17H2,1-2H3. The average molecular weight is 454 g/mol. The van der Waals surface area contributed by atoms with Gasteiger partial charge in [-0.15, -0.1) is 10.2 Å². The van der Waals surface area contributed by atoms with E-state index in [0.717, 1.165) is 33.5 Å². The second kappa shape index (κ2) is 9.42. The van der Waals surface area contributed by atoms with Crippen LogP contribution in [0.15, 0.2) is 95.0 Å². The van der Waals surface area contributed by atoms with Gasteiger partial charge in [0.05, 0.1) is 11.4 Å². The topological polar surface area (TPSA) is 69.6 Å². The first-order valence-electron chi connectivity index (χ1n) is 10.8. The number of hydrogen-bond acceptors (Lipinski definition) is 6. The molecule has 0 amide bonds. The van der Waals surface area contributed by atoms with E-state index in [9.17, 15) is 0 Å². The summed E-state index contributed by atoms with van der Waals surface area (Å²) in [4.78, 5) is 8.93. The number of thioether (sulfide) groups is 1. The summed E-state index contributed by atoms with van der Waals surface area (Å²) in [5, 5.41) is 9.87. The minimum Gasteiger partial charge on any atom is -0.444 e. The SMILES string of the molecule is CC(C)c1ccccc1-n1c(SCc2coc(-c3ccccc3)n2)nnc1-c1cccnc1. The first-order valence-corrected chi connectivity index (χ1v) is 11.8. The zero-order valence-corrected chi connectivity index (χ0v) is 19.2. The van der Waals surface area contributed by atoms with Gasteiger partial charge in [-0.05, 0) is 41.8 Å². The summed E-state index contributed by atoms with van der Waals surface area (Å²) in [5.41, 5.74) is 5.04.